The van der Waals surface area contributed by atoms with Gasteiger partial charge in [-0.1, -0.05) is 36.4 Å². The van der Waals surface area contributed by atoms with E-state index in [1.807, 2.05) is 72.8 Å². The molecule has 36 heavy (non-hydrogen) atoms. The fraction of sp³-hybridized carbons (Fsp3) is 0.357. The normalized spacial score (nSPS) is 16.3. The molecule has 0 saturated carbocycles. The Hall–Kier alpha value is -3.62. The van der Waals surface area contributed by atoms with Crippen molar-refractivity contribution in [1.82, 2.24) is 0 Å². The summed E-state index contributed by atoms with van der Waals surface area (Å²) in [6, 6.07) is 22.6. The molecular weight excluding hydrogens is 464 g/mol. The van der Waals surface area contributed by atoms with Crippen molar-refractivity contribution in [3.8, 4) is 34.5 Å². The van der Waals surface area contributed by atoms with Crippen molar-refractivity contribution in [2.24, 2.45) is 0 Å². The molecule has 8 heteroatoms. The standard InChI is InChI=1S/C28H32O8/c1-3-9-25-23(7-1)31-17-15-29-13-14-30-16-18-32-24-8-2-4-10-26(24)34-20-22-36-28-12-6-5-11-27(28)35-21-19-33-25/h1-12H,13-22H2. The first-order valence-corrected chi connectivity index (χ1v) is 12.1. The lowest BCUT2D eigenvalue weighted by molar-refractivity contribution is 0.0267. The van der Waals surface area contributed by atoms with Crippen LogP contribution < -0.4 is 28.4 Å². The topological polar surface area (TPSA) is 73.8 Å². The Balaban J connectivity index is 1.36. The van der Waals surface area contributed by atoms with E-state index in [4.69, 9.17) is 37.9 Å². The van der Waals surface area contributed by atoms with Crippen molar-refractivity contribution in [2.45, 2.75) is 0 Å². The second kappa shape index (κ2) is 14.7. The van der Waals surface area contributed by atoms with E-state index in [1.165, 1.54) is 0 Å². The maximum atomic E-state index is 5.91. The van der Waals surface area contributed by atoms with Crippen molar-refractivity contribution in [1.29, 1.82) is 0 Å². The second-order valence-corrected chi connectivity index (χ2v) is 7.66. The Kier molecular flexibility index (Phi) is 10.4. The molecule has 3 aromatic carbocycles. The number of fused-ring (bicyclic) bond motifs is 3. The zero-order valence-electron chi connectivity index (χ0n) is 20.3. The fourth-order valence-electron chi connectivity index (χ4n) is 3.42. The average molecular weight is 497 g/mol. The number of ether oxygens (including phenoxy) is 8. The van der Waals surface area contributed by atoms with Gasteiger partial charge in [0, 0.05) is 0 Å². The quantitative estimate of drug-likeness (QED) is 0.453. The maximum Gasteiger partial charge on any atom is 0.161 e. The zero-order valence-corrected chi connectivity index (χ0v) is 20.3. The Morgan fingerprint density at radius 3 is 0.722 bits per heavy atom. The summed E-state index contributed by atoms with van der Waals surface area (Å²) in [5.41, 5.74) is 0. The van der Waals surface area contributed by atoms with Crippen molar-refractivity contribution in [2.75, 3.05) is 66.1 Å². The van der Waals surface area contributed by atoms with Crippen molar-refractivity contribution in [3.63, 3.8) is 0 Å². The molecule has 3 aromatic rings. The van der Waals surface area contributed by atoms with E-state index in [-0.39, 0.29) is 0 Å². The summed E-state index contributed by atoms with van der Waals surface area (Å²) >= 11 is 0. The first-order chi connectivity index (χ1) is 17.9. The van der Waals surface area contributed by atoms with Crippen LogP contribution in [0, 0.1) is 0 Å². The lowest BCUT2D eigenvalue weighted by Crippen LogP contribution is -2.15. The summed E-state index contributed by atoms with van der Waals surface area (Å²) in [5.74, 6) is 3.91. The third-order valence-electron chi connectivity index (χ3n) is 5.09. The Morgan fingerprint density at radius 2 is 0.472 bits per heavy atom. The molecule has 0 N–H and O–H groups in total. The van der Waals surface area contributed by atoms with Crippen molar-refractivity contribution >= 4 is 0 Å². The molecule has 8 nitrogen and oxygen atoms in total. The van der Waals surface area contributed by atoms with Gasteiger partial charge in [0.1, 0.15) is 39.6 Å². The number of hydrogen-bond donors (Lipinski definition) is 0. The number of para-hydroxylation sites is 6. The lowest BCUT2D eigenvalue weighted by Gasteiger charge is -2.16. The molecule has 0 saturated heterocycles. The minimum atomic E-state index is 0.346. The minimum Gasteiger partial charge on any atom is -0.487 e. The summed E-state index contributed by atoms with van der Waals surface area (Å²) in [6.07, 6.45) is 0. The van der Waals surface area contributed by atoms with Gasteiger partial charge in [-0.3, -0.25) is 0 Å². The van der Waals surface area contributed by atoms with Gasteiger partial charge in [-0.05, 0) is 36.4 Å². The van der Waals surface area contributed by atoms with Gasteiger partial charge in [0.05, 0.1) is 26.4 Å². The van der Waals surface area contributed by atoms with Gasteiger partial charge >= 0.3 is 0 Å². The molecule has 1 aliphatic rings. The van der Waals surface area contributed by atoms with Crippen LogP contribution in [0.25, 0.3) is 0 Å². The molecule has 4 rings (SSSR count). The van der Waals surface area contributed by atoms with Gasteiger partial charge < -0.3 is 37.9 Å². The summed E-state index contributed by atoms with van der Waals surface area (Å²) in [7, 11) is 0. The first kappa shape index (κ1) is 25.5. The molecule has 0 radical (unpaired) electrons. The lowest BCUT2D eigenvalue weighted by atomic mass is 10.3. The number of hydrogen-bond acceptors (Lipinski definition) is 8. The van der Waals surface area contributed by atoms with Crippen LogP contribution in [-0.4, -0.2) is 66.1 Å². The molecule has 0 spiro atoms. The summed E-state index contributed by atoms with van der Waals surface area (Å²) in [5, 5.41) is 0. The van der Waals surface area contributed by atoms with E-state index in [9.17, 15) is 0 Å². The molecule has 0 aliphatic carbocycles. The fourth-order valence-corrected chi connectivity index (χ4v) is 3.42. The molecule has 1 aliphatic heterocycles. The molecule has 0 bridgehead atoms. The van der Waals surface area contributed by atoms with E-state index < -0.39 is 0 Å². The smallest absolute Gasteiger partial charge is 0.161 e. The largest absolute Gasteiger partial charge is 0.487 e. The van der Waals surface area contributed by atoms with E-state index in [2.05, 4.69) is 0 Å². The van der Waals surface area contributed by atoms with Crippen LogP contribution in [0.3, 0.4) is 0 Å². The Labute approximate surface area is 211 Å². The predicted octanol–water partition coefficient (Wildman–Crippen LogP) is 4.41. The molecule has 0 unspecified atom stereocenters. The molecule has 1 heterocycles. The number of rotatable bonds is 0. The molecule has 0 atom stereocenters. The van der Waals surface area contributed by atoms with E-state index >= 15 is 0 Å². The van der Waals surface area contributed by atoms with Crippen LogP contribution in [0.4, 0.5) is 0 Å². The molecule has 0 fully saturated rings. The van der Waals surface area contributed by atoms with Crippen LogP contribution >= 0.6 is 0 Å². The summed E-state index contributed by atoms with van der Waals surface area (Å²) in [4.78, 5) is 0. The van der Waals surface area contributed by atoms with Crippen molar-refractivity contribution < 1.29 is 37.9 Å². The van der Waals surface area contributed by atoms with Gasteiger partial charge in [0.15, 0.2) is 34.5 Å². The van der Waals surface area contributed by atoms with Crippen LogP contribution in [0.5, 0.6) is 34.5 Å². The predicted molar refractivity (Wildman–Crippen MR) is 134 cm³/mol. The van der Waals surface area contributed by atoms with Crippen molar-refractivity contribution in [3.05, 3.63) is 72.8 Å². The molecule has 192 valence electrons. The minimum absolute atomic E-state index is 0.346. The number of benzene rings is 3. The summed E-state index contributed by atoms with van der Waals surface area (Å²) in [6.45, 7) is 4.03. The third kappa shape index (κ3) is 8.25. The Bertz CT molecular complexity index is 959. The summed E-state index contributed by atoms with van der Waals surface area (Å²) < 4.78 is 46.5. The highest BCUT2D eigenvalue weighted by atomic mass is 16.6. The van der Waals surface area contributed by atoms with E-state index in [0.29, 0.717) is 101 Å². The Morgan fingerprint density at radius 1 is 0.278 bits per heavy atom. The van der Waals surface area contributed by atoms with Gasteiger partial charge in [-0.15, -0.1) is 0 Å². The monoisotopic (exact) mass is 496 g/mol. The highest BCUT2D eigenvalue weighted by Crippen LogP contribution is 2.29. The average Bonchev–Trinajstić information content (AvgIpc) is 2.91. The molecule has 0 aromatic heterocycles. The van der Waals surface area contributed by atoms with Gasteiger partial charge in [-0.25, -0.2) is 0 Å². The SMILES string of the molecule is c1ccc2c(c1)OCCOCCOCCOc1ccccc1OCCOc1ccccc1OCCO2. The highest BCUT2D eigenvalue weighted by molar-refractivity contribution is 5.41. The van der Waals surface area contributed by atoms with E-state index in [1.54, 1.807) is 0 Å². The van der Waals surface area contributed by atoms with Gasteiger partial charge in [-0.2, -0.15) is 0 Å². The van der Waals surface area contributed by atoms with Crippen LogP contribution in [-0.2, 0) is 9.47 Å². The van der Waals surface area contributed by atoms with Crippen LogP contribution in [0.2, 0.25) is 0 Å². The molecular formula is C28H32O8. The third-order valence-corrected chi connectivity index (χ3v) is 5.09. The second-order valence-electron chi connectivity index (χ2n) is 7.66. The van der Waals surface area contributed by atoms with Gasteiger partial charge in [0.2, 0.25) is 0 Å². The first-order valence-electron chi connectivity index (χ1n) is 12.1. The van der Waals surface area contributed by atoms with Gasteiger partial charge in [0.25, 0.3) is 0 Å². The van der Waals surface area contributed by atoms with Crippen LogP contribution in [0.1, 0.15) is 0 Å². The van der Waals surface area contributed by atoms with E-state index in [0.717, 1.165) is 0 Å². The molecule has 0 amide bonds. The van der Waals surface area contributed by atoms with Crippen LogP contribution in [0.15, 0.2) is 72.8 Å². The maximum absolute atomic E-state index is 5.91. The zero-order chi connectivity index (χ0) is 24.7. The highest BCUT2D eigenvalue weighted by Gasteiger charge is 2.09.